The smallest absolute Gasteiger partial charge is 0.857 e. The molecule has 2 aromatic heterocycles. The summed E-state index contributed by atoms with van der Waals surface area (Å²) in [5, 5.41) is 108. The van der Waals surface area contributed by atoms with Gasteiger partial charge in [0.15, 0.2) is 5.78 Å². The molecule has 29 nitrogen and oxygen atoms in total. The Kier molecular flexibility index (Phi) is 49.9. The number of hydrogen-bond donors (Lipinski definition) is 13. The molecular weight excluding hydrogens is 2050 g/mol. The number of aromatic hydroxyl groups is 8. The molecule has 0 amide bonds. The summed E-state index contributed by atoms with van der Waals surface area (Å²) in [4.78, 5) is 84.8. The van der Waals surface area contributed by atoms with E-state index in [1.54, 1.807) is 81.8 Å². The van der Waals surface area contributed by atoms with Gasteiger partial charge in [-0.25, -0.2) is 14.4 Å². The number of hydrazine groups is 1. The molecule has 1 atom stereocenters. The van der Waals surface area contributed by atoms with E-state index in [1.165, 1.54) is 59.8 Å². The molecule has 0 saturated heterocycles. The zero-order chi connectivity index (χ0) is 105. The van der Waals surface area contributed by atoms with Crippen molar-refractivity contribution in [3.63, 3.8) is 0 Å². The third-order valence-electron chi connectivity index (χ3n) is 22.4. The summed E-state index contributed by atoms with van der Waals surface area (Å²) in [5.74, 6) is 5.94. The normalized spacial score (nSPS) is 10.3. The number of halogens is 3. The Morgan fingerprint density at radius 1 is 0.396 bits per heavy atom. The average molecular weight is 2170 g/mol. The second-order valence-electron chi connectivity index (χ2n) is 30.5. The van der Waals surface area contributed by atoms with Crippen LogP contribution in [-0.2, 0) is 68.7 Å². The van der Waals surface area contributed by atoms with E-state index in [1.807, 2.05) is 192 Å². The monoisotopic (exact) mass is 2160 g/mol. The van der Waals surface area contributed by atoms with Gasteiger partial charge in [-0.05, 0) is 168 Å². The van der Waals surface area contributed by atoms with Crippen molar-refractivity contribution in [1.82, 2.24) is 10.2 Å². The summed E-state index contributed by atoms with van der Waals surface area (Å²) in [6.07, 6.45) is 4.29. The maximum atomic E-state index is 13.6. The van der Waals surface area contributed by atoms with Gasteiger partial charge in [-0.3, -0.25) is 41.1 Å². The minimum absolute atomic E-state index is 0. The average Bonchev–Trinajstić information content (AvgIpc) is 1.69. The molecule has 0 bridgehead atoms. The number of phenols is 7. The van der Waals surface area contributed by atoms with Crippen LogP contribution in [-0.4, -0.2) is 146 Å². The number of ketones is 1. The van der Waals surface area contributed by atoms with Gasteiger partial charge in [0.25, 0.3) is 5.56 Å². The molecule has 16 rings (SSSR count). The van der Waals surface area contributed by atoms with E-state index in [-0.39, 0.29) is 114 Å². The van der Waals surface area contributed by atoms with Crippen molar-refractivity contribution < 1.29 is 142 Å². The first-order chi connectivity index (χ1) is 68.2. The molecule has 0 aliphatic heterocycles. The predicted octanol–water partition coefficient (Wildman–Crippen LogP) is 18.5. The molecule has 15 N–H and O–H groups in total. The number of methoxy groups -OCH3 is 7. The Balaban J connectivity index is 0.000000298. The molecule has 14 aromatic carbocycles. The third-order valence-corrected chi connectivity index (χ3v) is 22.4. The van der Waals surface area contributed by atoms with Gasteiger partial charge in [-0.2, -0.15) is 7.11 Å². The summed E-state index contributed by atoms with van der Waals surface area (Å²) in [7, 11) is 10.9. The standard InChI is InChI=1S/C24H24O5.C21H18N2O3.C21H16O4.C13H12O2.C12H16O4.C9H10O4.C8H10O2.CH3O.CH4.BBr3.H4N2.Na/c1-5-15-13-19(21(28-3)14-20(15)27-2)23(25)22(24(26)29-4)18-12-8-10-16-9-6-7-11-17(16)18;1-2-12-10-16(18(25)11-17(12)24)20-19(21(26)23-22-20)15-9-5-7-13-6-3-4-8-14(13)15;1-2-12-10-16-18(11-17(12)22)25-21(24)19(20(16)23)15-9-5-7-13-6-3-4-8-14(13)15;1-15-13(14)9-11-7-4-6-10-5-2-3-8-12(10)11;1-5-8-6-9(12(13)16-4)11(15-3)7-10(8)14-2;1-2-5-3-6(9(12)13)8(11)4-7(5)10;1-2-6-3-4-7(9)5-8(6)10;1-2;;2-1(3)4;1-2;/h6-14,22H,5H2,1-4H3;3-11,24-25H,2H2,1H3,(H2,22,23,26);3-11,22-23H,2H2,1H3;2-8H,9H2,1H3;6-7H,5H2,1-4H3;3-4,10-11H,2H2,1H3,(H,12,13);3-5,9-10H,2H2,1H3;1H3;1H4;;1-2H2;/q;;;;;;;-1;;;;+1. The molecule has 34 heteroatoms. The van der Waals surface area contributed by atoms with E-state index in [9.17, 15) is 59.1 Å². The van der Waals surface area contributed by atoms with E-state index < -0.39 is 35.2 Å². The van der Waals surface area contributed by atoms with Gasteiger partial charge in [0.2, 0.25) is 0 Å². The summed E-state index contributed by atoms with van der Waals surface area (Å²) in [6.45, 7) is 11.5. The van der Waals surface area contributed by atoms with Gasteiger partial charge in [0.1, 0.15) is 97.2 Å². The van der Waals surface area contributed by atoms with Crippen molar-refractivity contribution in [2.75, 3.05) is 56.9 Å². The first kappa shape index (κ1) is 120. The number of aromatic nitrogens is 2. The molecule has 0 radical (unpaired) electrons. The summed E-state index contributed by atoms with van der Waals surface area (Å²) < 4.78 is 41.2. The quantitative estimate of drug-likeness (QED) is 0.00464. The van der Waals surface area contributed by atoms with Gasteiger partial charge in [-0.1, -0.05) is 225 Å². The number of aromatic amines is 2. The van der Waals surface area contributed by atoms with E-state index in [2.05, 4.69) is 73.9 Å². The summed E-state index contributed by atoms with van der Waals surface area (Å²) in [5.41, 5.74) is 8.98. The van der Waals surface area contributed by atoms with Crippen LogP contribution in [0.2, 0.25) is 0 Å². The van der Waals surface area contributed by atoms with Gasteiger partial charge >= 0.3 is 62.2 Å². The van der Waals surface area contributed by atoms with Crippen LogP contribution in [0.5, 0.6) is 69.0 Å². The molecule has 144 heavy (non-hydrogen) atoms. The number of carboxylic acids is 1. The number of ether oxygens (including phenoxy) is 7. The number of carbonyl (C=O) groups is 5. The Morgan fingerprint density at radius 2 is 0.806 bits per heavy atom. The van der Waals surface area contributed by atoms with Gasteiger partial charge < -0.3 is 88.6 Å². The molecular formula is C110H117BBr3N4NaO25. The van der Waals surface area contributed by atoms with Gasteiger partial charge in [-0.15, -0.1) is 47.3 Å². The minimum atomic E-state index is -1.20. The zero-order valence-electron chi connectivity index (χ0n) is 81.6. The van der Waals surface area contributed by atoms with E-state index in [0.29, 0.717) is 116 Å². The summed E-state index contributed by atoms with van der Waals surface area (Å²) in [6, 6.07) is 73.9. The fourth-order valence-electron chi connectivity index (χ4n) is 15.3. The van der Waals surface area contributed by atoms with Crippen LogP contribution in [0.3, 0.4) is 0 Å². The number of rotatable bonds is 21. The molecule has 16 aromatic rings. The Labute approximate surface area is 881 Å². The first-order valence-corrected chi connectivity index (χ1v) is 47.0. The minimum Gasteiger partial charge on any atom is -0.857 e. The molecule has 2 heterocycles. The number of nitrogens with one attached hydrogen (secondary N) is 2. The van der Waals surface area contributed by atoms with E-state index in [0.717, 1.165) is 96.9 Å². The topological polar surface area (TPSA) is 486 Å². The Bertz CT molecular complexity index is 7150. The first-order valence-electron chi connectivity index (χ1n) is 44.3. The number of H-pyrrole nitrogens is 2. The molecule has 0 aliphatic rings. The SMILES string of the molecule is BrB(Br)Br.C.CCc1cc(-c2[nH][nH]c(=O)c2-c2cccc3ccccc23)c(O)cc1O.CCc1cc(C(=O)C(C(=O)OC)c2cccc3ccccc23)c(OC)cc1OC.CCc1cc(C(=O)O)c(O)cc1O.CCc1cc(C(=O)OC)c(OC)cc1OC.CCc1cc2c(O)c(-c3cccc4ccccc34)c(=O)oc2cc1O.CCc1ccc(O)cc1O.COC(=O)Cc1cccc2ccccc12.C[O-].NN.[Na+]. The number of fused-ring (bicyclic) bond motifs is 5. The zero-order valence-corrected chi connectivity index (χ0v) is 88.4. The predicted molar refractivity (Wildman–Crippen MR) is 571 cm³/mol. The van der Waals surface area contributed by atoms with Gasteiger partial charge in [0.05, 0.1) is 78.4 Å². The van der Waals surface area contributed by atoms with E-state index in [4.69, 9.17) is 58.4 Å². The van der Waals surface area contributed by atoms with Crippen molar-refractivity contribution in [2.45, 2.75) is 99.8 Å². The number of benzene rings is 14. The Hall–Kier alpha value is -14.1. The van der Waals surface area contributed by atoms with Gasteiger partial charge in [0, 0.05) is 47.5 Å². The molecule has 0 aliphatic carbocycles. The van der Waals surface area contributed by atoms with Crippen LogP contribution in [0.15, 0.2) is 263 Å². The second kappa shape index (κ2) is 59.7. The van der Waals surface area contributed by atoms with Crippen LogP contribution < -0.4 is 76.5 Å². The van der Waals surface area contributed by atoms with Crippen LogP contribution in [0.1, 0.15) is 130 Å². The number of carbonyl (C=O) groups excluding carboxylic acids is 4. The molecule has 0 fully saturated rings. The molecule has 1 unspecified atom stereocenters. The molecule has 0 spiro atoms. The fourth-order valence-corrected chi connectivity index (χ4v) is 15.3. The maximum Gasteiger partial charge on any atom is 1.00 e. The number of esters is 3. The maximum absolute atomic E-state index is 13.6. The van der Waals surface area contributed by atoms with Crippen molar-refractivity contribution in [1.29, 1.82) is 0 Å². The van der Waals surface area contributed by atoms with Crippen molar-refractivity contribution in [3.8, 4) is 103 Å². The van der Waals surface area contributed by atoms with Crippen LogP contribution in [0, 0.1) is 0 Å². The van der Waals surface area contributed by atoms with Crippen molar-refractivity contribution >= 4 is 134 Å². The van der Waals surface area contributed by atoms with Crippen LogP contribution >= 0.6 is 47.3 Å². The van der Waals surface area contributed by atoms with Crippen LogP contribution in [0.25, 0.3) is 87.6 Å². The molecule has 0 saturated carbocycles. The third kappa shape index (κ3) is 31.0. The van der Waals surface area contributed by atoms with E-state index >= 15 is 0 Å². The fraction of sp³-hybridized carbons (Fsp3) is 0.209. The summed E-state index contributed by atoms with van der Waals surface area (Å²) >= 11 is 9.31. The van der Waals surface area contributed by atoms with Crippen molar-refractivity contribution in [2.24, 2.45) is 11.7 Å². The second-order valence-corrected chi connectivity index (χ2v) is 36.9. The number of aryl methyl sites for hydroxylation is 6. The largest absolute Gasteiger partial charge is 1.00 e. The van der Waals surface area contributed by atoms with Crippen LogP contribution in [0.4, 0.5) is 0 Å². The Morgan fingerprint density at radius 3 is 1.28 bits per heavy atom. The molecule has 752 valence electrons. The number of carboxylic acid groups (broad SMARTS) is 1. The number of nitrogens with two attached hydrogens (primary N) is 2. The number of hydrogen-bond acceptors (Lipinski definition) is 26. The van der Waals surface area contributed by atoms with Crippen molar-refractivity contribution in [3.05, 3.63) is 331 Å². The number of phenolic OH excluding ortho intramolecular Hbond substituents is 6. The number of aromatic carboxylic acids is 1. The number of Topliss-reactive ketones (excluding diaryl/α,β-unsaturated/α-hetero) is 1.